The van der Waals surface area contributed by atoms with Crippen LogP contribution in [-0.4, -0.2) is 28.6 Å². The van der Waals surface area contributed by atoms with Crippen molar-refractivity contribution in [2.24, 2.45) is 0 Å². The Bertz CT molecular complexity index is 470. The van der Waals surface area contributed by atoms with Crippen LogP contribution >= 0.6 is 11.6 Å². The summed E-state index contributed by atoms with van der Waals surface area (Å²) in [7, 11) is 1.32. The highest BCUT2D eigenvalue weighted by atomic mass is 35.5. The normalized spacial score (nSPS) is 10.4. The molecule has 1 aromatic heterocycles. The Balaban J connectivity index is 2.93. The standard InChI is InChI=1S/C10H14ClN3O3/c1-6(2)13-7(15)4-14-5-12-9(11)8(17-3)10(14)16/h5-6H,4H2,1-3H3,(H,13,15). The lowest BCUT2D eigenvalue weighted by atomic mass is 10.4. The maximum absolute atomic E-state index is 11.8. The van der Waals surface area contributed by atoms with Crippen molar-refractivity contribution in [3.63, 3.8) is 0 Å². The third-order valence-electron chi connectivity index (χ3n) is 1.92. The number of carbonyl (C=O) groups is 1. The Hall–Kier alpha value is -1.56. The first-order chi connectivity index (χ1) is 7.95. The average molecular weight is 260 g/mol. The number of aromatic nitrogens is 2. The van der Waals surface area contributed by atoms with Gasteiger partial charge in [0.1, 0.15) is 6.54 Å². The van der Waals surface area contributed by atoms with Crippen LogP contribution in [0.5, 0.6) is 5.75 Å². The summed E-state index contributed by atoms with van der Waals surface area (Å²) in [6, 6.07) is 0.0142. The van der Waals surface area contributed by atoms with Crippen LogP contribution in [0.2, 0.25) is 5.15 Å². The molecule has 0 radical (unpaired) electrons. The zero-order valence-corrected chi connectivity index (χ0v) is 10.6. The molecule has 0 aliphatic carbocycles. The Kier molecular flexibility index (Phi) is 4.51. The Morgan fingerprint density at radius 1 is 1.65 bits per heavy atom. The maximum atomic E-state index is 11.8. The van der Waals surface area contributed by atoms with Gasteiger partial charge in [0.2, 0.25) is 11.7 Å². The van der Waals surface area contributed by atoms with E-state index in [0.717, 1.165) is 4.57 Å². The van der Waals surface area contributed by atoms with Crippen molar-refractivity contribution in [3.05, 3.63) is 21.8 Å². The molecule has 0 atom stereocenters. The van der Waals surface area contributed by atoms with E-state index in [9.17, 15) is 9.59 Å². The van der Waals surface area contributed by atoms with Crippen LogP contribution in [0, 0.1) is 0 Å². The fourth-order valence-electron chi connectivity index (χ4n) is 1.26. The first kappa shape index (κ1) is 13.5. The van der Waals surface area contributed by atoms with Crippen molar-refractivity contribution in [1.82, 2.24) is 14.9 Å². The monoisotopic (exact) mass is 259 g/mol. The fourth-order valence-corrected chi connectivity index (χ4v) is 1.46. The Morgan fingerprint density at radius 3 is 2.82 bits per heavy atom. The van der Waals surface area contributed by atoms with E-state index in [1.807, 2.05) is 13.8 Å². The number of carbonyl (C=O) groups excluding carboxylic acids is 1. The lowest BCUT2D eigenvalue weighted by molar-refractivity contribution is -0.122. The van der Waals surface area contributed by atoms with Gasteiger partial charge < -0.3 is 10.1 Å². The number of rotatable bonds is 4. The van der Waals surface area contributed by atoms with Crippen LogP contribution in [0.4, 0.5) is 0 Å². The third-order valence-corrected chi connectivity index (χ3v) is 2.19. The van der Waals surface area contributed by atoms with Crippen LogP contribution in [0.15, 0.2) is 11.1 Å². The van der Waals surface area contributed by atoms with Crippen LogP contribution in [0.1, 0.15) is 13.8 Å². The van der Waals surface area contributed by atoms with E-state index >= 15 is 0 Å². The summed E-state index contributed by atoms with van der Waals surface area (Å²) >= 11 is 5.67. The highest BCUT2D eigenvalue weighted by Crippen LogP contribution is 2.14. The smallest absolute Gasteiger partial charge is 0.297 e. The summed E-state index contributed by atoms with van der Waals surface area (Å²) in [5, 5.41) is 2.65. The summed E-state index contributed by atoms with van der Waals surface area (Å²) < 4.78 is 5.96. The molecule has 7 heteroatoms. The molecule has 0 saturated heterocycles. The van der Waals surface area contributed by atoms with Gasteiger partial charge in [-0.2, -0.15) is 0 Å². The lowest BCUT2D eigenvalue weighted by Crippen LogP contribution is -2.36. The predicted octanol–water partition coefficient (Wildman–Crippen LogP) is 0.430. The van der Waals surface area contributed by atoms with Crippen molar-refractivity contribution in [3.8, 4) is 5.75 Å². The molecule has 0 aromatic carbocycles. The van der Waals surface area contributed by atoms with E-state index in [-0.39, 0.29) is 29.4 Å². The average Bonchev–Trinajstić information content (AvgIpc) is 2.22. The molecule has 94 valence electrons. The predicted molar refractivity (Wildman–Crippen MR) is 63.3 cm³/mol. The van der Waals surface area contributed by atoms with E-state index < -0.39 is 5.56 Å². The van der Waals surface area contributed by atoms with Gasteiger partial charge in [0.15, 0.2) is 5.15 Å². The minimum absolute atomic E-state index is 0.0142. The second-order valence-electron chi connectivity index (χ2n) is 3.72. The van der Waals surface area contributed by atoms with Crippen molar-refractivity contribution in [1.29, 1.82) is 0 Å². The second kappa shape index (κ2) is 5.67. The molecule has 0 fully saturated rings. The third kappa shape index (κ3) is 3.45. The molecular formula is C10H14ClN3O3. The second-order valence-corrected chi connectivity index (χ2v) is 4.08. The summed E-state index contributed by atoms with van der Waals surface area (Å²) in [4.78, 5) is 27.0. The van der Waals surface area contributed by atoms with Crippen molar-refractivity contribution < 1.29 is 9.53 Å². The highest BCUT2D eigenvalue weighted by Gasteiger charge is 2.12. The van der Waals surface area contributed by atoms with Gasteiger partial charge in [0.05, 0.1) is 13.4 Å². The molecule has 1 N–H and O–H groups in total. The molecule has 1 amide bonds. The van der Waals surface area contributed by atoms with Crippen LogP contribution in [-0.2, 0) is 11.3 Å². The summed E-state index contributed by atoms with van der Waals surface area (Å²) in [6.07, 6.45) is 1.22. The van der Waals surface area contributed by atoms with E-state index in [0.29, 0.717) is 0 Å². The SMILES string of the molecule is COc1c(Cl)ncn(CC(=O)NC(C)C)c1=O. The van der Waals surface area contributed by atoms with E-state index in [1.54, 1.807) is 0 Å². The van der Waals surface area contributed by atoms with E-state index in [4.69, 9.17) is 16.3 Å². The minimum Gasteiger partial charge on any atom is -0.489 e. The Morgan fingerprint density at radius 2 is 2.29 bits per heavy atom. The molecule has 0 unspecified atom stereocenters. The number of hydrogen-bond donors (Lipinski definition) is 1. The topological polar surface area (TPSA) is 73.2 Å². The van der Waals surface area contributed by atoms with Gasteiger partial charge >= 0.3 is 0 Å². The molecule has 1 aromatic rings. The van der Waals surface area contributed by atoms with Gasteiger partial charge in [0, 0.05) is 6.04 Å². The molecule has 17 heavy (non-hydrogen) atoms. The molecule has 0 spiro atoms. The molecule has 0 aliphatic rings. The number of hydrogen-bond acceptors (Lipinski definition) is 4. The maximum Gasteiger partial charge on any atom is 0.297 e. The molecular weight excluding hydrogens is 246 g/mol. The van der Waals surface area contributed by atoms with Gasteiger partial charge in [-0.3, -0.25) is 14.2 Å². The zero-order chi connectivity index (χ0) is 13.0. The molecule has 0 saturated carbocycles. The summed E-state index contributed by atoms with van der Waals surface area (Å²) in [5.41, 5.74) is -0.480. The largest absolute Gasteiger partial charge is 0.489 e. The number of halogens is 1. The molecule has 6 nitrogen and oxygen atoms in total. The zero-order valence-electron chi connectivity index (χ0n) is 9.86. The van der Waals surface area contributed by atoms with Crippen LogP contribution < -0.4 is 15.6 Å². The van der Waals surface area contributed by atoms with Crippen LogP contribution in [0.3, 0.4) is 0 Å². The Labute approximate surface area is 104 Å². The van der Waals surface area contributed by atoms with E-state index in [2.05, 4.69) is 10.3 Å². The molecule has 1 rings (SSSR count). The quantitative estimate of drug-likeness (QED) is 0.796. The van der Waals surface area contributed by atoms with Crippen molar-refractivity contribution in [2.45, 2.75) is 26.4 Å². The van der Waals surface area contributed by atoms with Gasteiger partial charge in [0.25, 0.3) is 5.56 Å². The number of nitrogens with zero attached hydrogens (tertiary/aromatic N) is 2. The van der Waals surface area contributed by atoms with Gasteiger partial charge in [-0.05, 0) is 13.8 Å². The minimum atomic E-state index is -0.480. The number of nitrogens with one attached hydrogen (secondary N) is 1. The summed E-state index contributed by atoms with van der Waals surface area (Å²) in [5.74, 6) is -0.334. The van der Waals surface area contributed by atoms with Crippen molar-refractivity contribution in [2.75, 3.05) is 7.11 Å². The number of ether oxygens (including phenoxy) is 1. The van der Waals surface area contributed by atoms with E-state index in [1.165, 1.54) is 13.4 Å². The van der Waals surface area contributed by atoms with Gasteiger partial charge in [-0.25, -0.2) is 4.98 Å². The molecule has 0 aliphatic heterocycles. The summed E-state index contributed by atoms with van der Waals surface area (Å²) in [6.45, 7) is 3.56. The number of amides is 1. The molecule has 0 bridgehead atoms. The lowest BCUT2D eigenvalue weighted by Gasteiger charge is -2.10. The van der Waals surface area contributed by atoms with Gasteiger partial charge in [-0.15, -0.1) is 0 Å². The first-order valence-corrected chi connectivity index (χ1v) is 5.41. The van der Waals surface area contributed by atoms with Crippen LogP contribution in [0.25, 0.3) is 0 Å². The fraction of sp³-hybridized carbons (Fsp3) is 0.500. The number of methoxy groups -OCH3 is 1. The highest BCUT2D eigenvalue weighted by molar-refractivity contribution is 6.30. The van der Waals surface area contributed by atoms with Gasteiger partial charge in [-0.1, -0.05) is 11.6 Å². The van der Waals surface area contributed by atoms with Crippen molar-refractivity contribution >= 4 is 17.5 Å². The first-order valence-electron chi connectivity index (χ1n) is 5.04. The molecule has 1 heterocycles.